The van der Waals surface area contributed by atoms with Crippen LogP contribution in [0.1, 0.15) is 0 Å². The molecule has 12 rings (SSSR count). The average molecular weight is 643 g/mol. The fourth-order valence-corrected chi connectivity index (χ4v) is 9.30. The van der Waals surface area contributed by atoms with Crippen LogP contribution in [-0.2, 0) is 0 Å². The molecule has 226 valence electrons. The summed E-state index contributed by atoms with van der Waals surface area (Å²) >= 11 is 1.86. The quantitative estimate of drug-likeness (QED) is 0.192. The van der Waals surface area contributed by atoms with Gasteiger partial charge in [-0.2, -0.15) is 9.97 Å². The summed E-state index contributed by atoms with van der Waals surface area (Å²) in [5, 5.41) is 12.0. The molecule has 6 heteroatoms. The highest BCUT2D eigenvalue weighted by Gasteiger charge is 2.27. The Kier molecular flexibility index (Phi) is 4.80. The summed E-state index contributed by atoms with van der Waals surface area (Å²) in [6.45, 7) is 0. The third kappa shape index (κ3) is 3.31. The molecule has 0 saturated carbocycles. The summed E-state index contributed by atoms with van der Waals surface area (Å²) in [7, 11) is 0. The Labute approximate surface area is 282 Å². The van der Waals surface area contributed by atoms with Crippen LogP contribution in [0.5, 0.6) is 0 Å². The van der Waals surface area contributed by atoms with Gasteiger partial charge in [-0.25, -0.2) is 4.98 Å². The summed E-state index contributed by atoms with van der Waals surface area (Å²) in [5.41, 5.74) is 5.79. The minimum absolute atomic E-state index is 0.582. The standard InChI is InChI=1S/C43H22N4OS/c1-3-10-23(11-4-1)41-44-42(24-12-5-2-6-13-24)46-43(45-41)47-29-18-19-30-37-36(29)35-28(22-25-14-7-8-15-26(25)40(35)47)27-16-9-17-32-34(27)39-33(49-32)21-20-31(48-30)38(37)39/h1-22H. The van der Waals surface area contributed by atoms with Gasteiger partial charge >= 0.3 is 0 Å². The van der Waals surface area contributed by atoms with E-state index in [1.54, 1.807) is 0 Å². The zero-order chi connectivity index (χ0) is 31.8. The molecule has 5 nitrogen and oxygen atoms in total. The molecular formula is C43H22N4OS. The van der Waals surface area contributed by atoms with Gasteiger partial charge in [-0.15, -0.1) is 11.3 Å². The highest BCUT2D eigenvalue weighted by Crippen LogP contribution is 2.51. The van der Waals surface area contributed by atoms with Crippen molar-refractivity contribution in [2.45, 2.75) is 0 Å². The summed E-state index contributed by atoms with van der Waals surface area (Å²) in [6, 6.07) is 46.8. The number of hydrogen-bond acceptors (Lipinski definition) is 5. The molecule has 0 aliphatic rings. The van der Waals surface area contributed by atoms with Crippen molar-refractivity contribution in [2.75, 3.05) is 0 Å². The second-order valence-electron chi connectivity index (χ2n) is 12.7. The van der Waals surface area contributed by atoms with Crippen molar-refractivity contribution < 1.29 is 4.42 Å². The van der Waals surface area contributed by atoms with Crippen molar-refractivity contribution in [3.05, 3.63) is 133 Å². The Bertz CT molecular complexity index is 3210. The van der Waals surface area contributed by atoms with Crippen molar-refractivity contribution in [2.24, 2.45) is 0 Å². The molecule has 0 radical (unpaired) electrons. The highest BCUT2D eigenvalue weighted by molar-refractivity contribution is 7.26. The van der Waals surface area contributed by atoms with E-state index >= 15 is 0 Å². The fraction of sp³-hybridized carbons (Fsp3) is 0. The lowest BCUT2D eigenvalue weighted by Crippen LogP contribution is -2.06. The number of rotatable bonds is 3. The van der Waals surface area contributed by atoms with Crippen LogP contribution in [0.25, 0.3) is 114 Å². The third-order valence-corrected chi connectivity index (χ3v) is 11.3. The third-order valence-electron chi connectivity index (χ3n) is 10.2. The monoisotopic (exact) mass is 642 g/mol. The molecule has 0 bridgehead atoms. The van der Waals surface area contributed by atoms with Crippen LogP contribution < -0.4 is 0 Å². The summed E-state index contributed by atoms with van der Waals surface area (Å²) in [5.74, 6) is 1.85. The van der Waals surface area contributed by atoms with Crippen molar-refractivity contribution in [1.82, 2.24) is 19.5 Å². The molecule has 12 aromatic rings. The summed E-state index contributed by atoms with van der Waals surface area (Å²) in [6.07, 6.45) is 0. The summed E-state index contributed by atoms with van der Waals surface area (Å²) in [4.78, 5) is 15.5. The molecule has 0 amide bonds. The van der Waals surface area contributed by atoms with Crippen molar-refractivity contribution in [3.8, 4) is 28.7 Å². The van der Waals surface area contributed by atoms with Gasteiger partial charge in [-0.1, -0.05) is 97.1 Å². The maximum absolute atomic E-state index is 6.66. The van der Waals surface area contributed by atoms with E-state index < -0.39 is 0 Å². The topological polar surface area (TPSA) is 56.7 Å². The Balaban J connectivity index is 1.37. The molecule has 0 aliphatic heterocycles. The molecule has 4 heterocycles. The zero-order valence-corrected chi connectivity index (χ0v) is 26.6. The minimum atomic E-state index is 0.582. The first kappa shape index (κ1) is 25.7. The van der Waals surface area contributed by atoms with Crippen LogP contribution in [0, 0.1) is 0 Å². The second kappa shape index (κ2) is 9.16. The van der Waals surface area contributed by atoms with Gasteiger partial charge in [0, 0.05) is 58.2 Å². The van der Waals surface area contributed by atoms with Gasteiger partial charge in [0.05, 0.1) is 11.0 Å². The molecule has 8 aromatic carbocycles. The minimum Gasteiger partial charge on any atom is -0.456 e. The van der Waals surface area contributed by atoms with Crippen molar-refractivity contribution >= 4 is 96.8 Å². The predicted molar refractivity (Wildman–Crippen MR) is 203 cm³/mol. The molecule has 0 atom stereocenters. The highest BCUT2D eigenvalue weighted by atomic mass is 32.1. The number of furan rings is 1. The lowest BCUT2D eigenvalue weighted by Gasteiger charge is -2.12. The van der Waals surface area contributed by atoms with E-state index in [1.807, 2.05) is 47.7 Å². The van der Waals surface area contributed by atoms with Crippen LogP contribution in [0.4, 0.5) is 0 Å². The maximum atomic E-state index is 6.66. The molecule has 0 aliphatic carbocycles. The number of thiophene rings is 1. The molecular weight excluding hydrogens is 621 g/mol. The Hall–Kier alpha value is -6.37. The average Bonchev–Trinajstić information content (AvgIpc) is 3.84. The number of nitrogens with zero attached hydrogens (tertiary/aromatic N) is 4. The molecule has 0 fully saturated rings. The molecule has 49 heavy (non-hydrogen) atoms. The van der Waals surface area contributed by atoms with E-state index in [2.05, 4.69) is 102 Å². The van der Waals surface area contributed by atoms with Gasteiger partial charge in [0.25, 0.3) is 0 Å². The molecule has 0 spiro atoms. The lowest BCUT2D eigenvalue weighted by atomic mass is 9.93. The smallest absolute Gasteiger partial charge is 0.238 e. The van der Waals surface area contributed by atoms with Gasteiger partial charge in [0.2, 0.25) is 5.95 Å². The number of fused-ring (bicyclic) bond motifs is 3. The van der Waals surface area contributed by atoms with Gasteiger partial charge < -0.3 is 4.42 Å². The fourth-order valence-electron chi connectivity index (χ4n) is 8.16. The Morgan fingerprint density at radius 2 is 1.12 bits per heavy atom. The van der Waals surface area contributed by atoms with Gasteiger partial charge in [-0.3, -0.25) is 4.57 Å². The Morgan fingerprint density at radius 3 is 1.90 bits per heavy atom. The van der Waals surface area contributed by atoms with Crippen LogP contribution in [0.2, 0.25) is 0 Å². The number of hydrogen-bond donors (Lipinski definition) is 0. The van der Waals surface area contributed by atoms with E-state index in [-0.39, 0.29) is 0 Å². The first-order chi connectivity index (χ1) is 24.3. The van der Waals surface area contributed by atoms with Crippen LogP contribution in [-0.4, -0.2) is 19.5 Å². The van der Waals surface area contributed by atoms with Crippen LogP contribution in [0.3, 0.4) is 0 Å². The Morgan fingerprint density at radius 1 is 0.469 bits per heavy atom. The molecule has 4 aromatic heterocycles. The number of aromatic nitrogens is 4. The van der Waals surface area contributed by atoms with Crippen LogP contribution in [0.15, 0.2) is 138 Å². The van der Waals surface area contributed by atoms with E-state index in [4.69, 9.17) is 19.4 Å². The van der Waals surface area contributed by atoms with E-state index in [0.717, 1.165) is 49.5 Å². The van der Waals surface area contributed by atoms with Crippen LogP contribution >= 0.6 is 11.3 Å². The van der Waals surface area contributed by atoms with E-state index in [0.29, 0.717) is 17.6 Å². The van der Waals surface area contributed by atoms with Gasteiger partial charge in [0.15, 0.2) is 11.6 Å². The molecule has 0 N–H and O–H groups in total. The van der Waals surface area contributed by atoms with E-state index in [1.165, 1.54) is 47.1 Å². The maximum Gasteiger partial charge on any atom is 0.238 e. The van der Waals surface area contributed by atoms with Crippen molar-refractivity contribution in [3.63, 3.8) is 0 Å². The largest absolute Gasteiger partial charge is 0.456 e. The molecule has 0 saturated heterocycles. The molecule has 0 unspecified atom stereocenters. The normalized spacial score (nSPS) is 12.5. The van der Waals surface area contributed by atoms with Crippen molar-refractivity contribution in [1.29, 1.82) is 0 Å². The van der Waals surface area contributed by atoms with E-state index in [9.17, 15) is 0 Å². The van der Waals surface area contributed by atoms with Gasteiger partial charge in [0.1, 0.15) is 11.2 Å². The van der Waals surface area contributed by atoms with Gasteiger partial charge in [-0.05, 0) is 52.6 Å². The SMILES string of the molecule is c1ccc(-c2nc(-c3ccccc3)nc(-n3c4ccc5oc6ccc7sc8cccc9c%10cc%11ccccc%11c3c%10c4c5c6c7c89)n2)cc1. The first-order valence-corrected chi connectivity index (χ1v) is 17.2. The summed E-state index contributed by atoms with van der Waals surface area (Å²) < 4.78 is 11.5. The predicted octanol–water partition coefficient (Wildman–Crippen LogP) is 11.8. The first-order valence-electron chi connectivity index (χ1n) is 16.4. The number of benzene rings is 7. The second-order valence-corrected chi connectivity index (χ2v) is 13.8. The zero-order valence-electron chi connectivity index (χ0n) is 25.8. The lowest BCUT2D eigenvalue weighted by molar-refractivity contribution is 0.669.